The summed E-state index contributed by atoms with van der Waals surface area (Å²) in [6, 6.07) is 12.2. The smallest absolute Gasteiger partial charge is 0.352 e. The van der Waals surface area contributed by atoms with E-state index in [0.29, 0.717) is 0 Å². The first-order valence-corrected chi connectivity index (χ1v) is 10.0. The van der Waals surface area contributed by atoms with Crippen LogP contribution in [0.4, 0.5) is 0 Å². The second-order valence-electron chi connectivity index (χ2n) is 7.92. The molecule has 0 fully saturated rings. The van der Waals surface area contributed by atoms with Gasteiger partial charge in [-0.1, -0.05) is 12.1 Å². The molecule has 5 nitrogen and oxygen atoms in total. The van der Waals surface area contributed by atoms with Crippen LogP contribution >= 0.6 is 0 Å². The Morgan fingerprint density at radius 2 is 1.90 bits per heavy atom. The van der Waals surface area contributed by atoms with E-state index in [4.69, 9.17) is 4.98 Å². The number of pyridine rings is 1. The van der Waals surface area contributed by atoms with Crippen LogP contribution in [-0.2, 0) is 19.4 Å². The zero-order chi connectivity index (χ0) is 19.5. The number of nitrogens with one attached hydrogen (secondary N) is 1. The number of hydrogen-bond donors (Lipinski definition) is 2. The predicted molar refractivity (Wildman–Crippen MR) is 114 cm³/mol. The fourth-order valence-corrected chi connectivity index (χ4v) is 4.84. The zero-order valence-corrected chi connectivity index (χ0v) is 15.8. The third-order valence-corrected chi connectivity index (χ3v) is 6.21. The minimum Gasteiger partial charge on any atom is -0.477 e. The molecule has 4 aromatic rings. The molecule has 0 atom stereocenters. The van der Waals surface area contributed by atoms with E-state index in [2.05, 4.69) is 28.2 Å². The molecule has 2 aromatic carbocycles. The third-order valence-electron chi connectivity index (χ3n) is 6.21. The fourth-order valence-electron chi connectivity index (χ4n) is 4.84. The summed E-state index contributed by atoms with van der Waals surface area (Å²) in [5.74, 6) is -0.937. The third kappa shape index (κ3) is 2.43. The molecule has 2 N–H and O–H groups in total. The van der Waals surface area contributed by atoms with E-state index in [1.165, 1.54) is 22.3 Å². The summed E-state index contributed by atoms with van der Waals surface area (Å²) >= 11 is 0. The van der Waals surface area contributed by atoms with E-state index >= 15 is 0 Å². The maximum atomic E-state index is 11.5. The Morgan fingerprint density at radius 3 is 2.76 bits per heavy atom. The standard InChI is InChI=1S/C24H19N3O2/c28-24(29)21-10-18-19(26-21)7-8-20-22(18)16-3-1-2-4-17(16)23(27-20)13-5-6-14-11-25-12-15(14)9-13/h5-10,12,26H,1-4,11H2,(H,28,29). The molecule has 0 bridgehead atoms. The second kappa shape index (κ2) is 6.01. The lowest BCUT2D eigenvalue weighted by Crippen LogP contribution is -2.08. The van der Waals surface area contributed by atoms with Crippen LogP contribution in [0.5, 0.6) is 0 Å². The SMILES string of the molecule is O=C(O)c1cc2c(ccc3nc(-c4ccc5c(c4)C=NC5)c4c(c32)CCCC4)[nH]1. The minimum atomic E-state index is -0.937. The van der Waals surface area contributed by atoms with Crippen LogP contribution in [0.1, 0.15) is 45.6 Å². The summed E-state index contributed by atoms with van der Waals surface area (Å²) in [5, 5.41) is 11.5. The van der Waals surface area contributed by atoms with Crippen molar-refractivity contribution in [1.29, 1.82) is 0 Å². The van der Waals surface area contributed by atoms with Crippen molar-refractivity contribution < 1.29 is 9.90 Å². The monoisotopic (exact) mass is 381 g/mol. The molecule has 1 aliphatic heterocycles. The second-order valence-corrected chi connectivity index (χ2v) is 7.92. The number of carbonyl (C=O) groups is 1. The van der Waals surface area contributed by atoms with Crippen LogP contribution in [0, 0.1) is 0 Å². The lowest BCUT2D eigenvalue weighted by Gasteiger charge is -2.22. The van der Waals surface area contributed by atoms with Gasteiger partial charge in [-0.2, -0.15) is 0 Å². The van der Waals surface area contributed by atoms with Crippen LogP contribution in [0.25, 0.3) is 33.1 Å². The number of aliphatic imine (C=N–C) groups is 1. The molecule has 0 radical (unpaired) electrons. The summed E-state index contributed by atoms with van der Waals surface area (Å²) in [6.45, 7) is 0.760. The fraction of sp³-hybridized carbons (Fsp3) is 0.208. The van der Waals surface area contributed by atoms with Crippen molar-refractivity contribution in [2.75, 3.05) is 0 Å². The quantitative estimate of drug-likeness (QED) is 0.519. The van der Waals surface area contributed by atoms with Gasteiger partial charge in [-0.25, -0.2) is 9.78 Å². The average molecular weight is 381 g/mol. The van der Waals surface area contributed by atoms with Gasteiger partial charge in [-0.05, 0) is 72.2 Å². The molecule has 0 amide bonds. The maximum absolute atomic E-state index is 11.5. The van der Waals surface area contributed by atoms with Crippen molar-refractivity contribution in [1.82, 2.24) is 9.97 Å². The number of rotatable bonds is 2. The Bertz CT molecular complexity index is 1360. The van der Waals surface area contributed by atoms with Crippen LogP contribution < -0.4 is 0 Å². The van der Waals surface area contributed by atoms with Crippen molar-refractivity contribution in [3.05, 3.63) is 64.3 Å². The number of benzene rings is 2. The lowest BCUT2D eigenvalue weighted by molar-refractivity contribution is 0.0691. The molecular weight excluding hydrogens is 362 g/mol. The van der Waals surface area contributed by atoms with Crippen molar-refractivity contribution in [3.63, 3.8) is 0 Å². The number of aromatic amines is 1. The van der Waals surface area contributed by atoms with Gasteiger partial charge in [0.05, 0.1) is 17.8 Å². The number of aryl methyl sites for hydroxylation is 1. The van der Waals surface area contributed by atoms with Gasteiger partial charge >= 0.3 is 5.97 Å². The molecule has 3 heterocycles. The molecule has 0 spiro atoms. The molecule has 6 rings (SSSR count). The highest BCUT2D eigenvalue weighted by Gasteiger charge is 2.22. The molecular formula is C24H19N3O2. The average Bonchev–Trinajstić information content (AvgIpc) is 3.39. The topological polar surface area (TPSA) is 78.3 Å². The van der Waals surface area contributed by atoms with Crippen LogP contribution in [0.3, 0.4) is 0 Å². The first kappa shape index (κ1) is 16.5. The van der Waals surface area contributed by atoms with Crippen molar-refractivity contribution in [2.45, 2.75) is 32.2 Å². The van der Waals surface area contributed by atoms with E-state index < -0.39 is 5.97 Å². The Hall–Kier alpha value is -3.47. The van der Waals surface area contributed by atoms with E-state index in [1.807, 2.05) is 18.3 Å². The first-order chi connectivity index (χ1) is 14.2. The van der Waals surface area contributed by atoms with Crippen molar-refractivity contribution in [3.8, 4) is 11.3 Å². The number of aromatic carboxylic acids is 1. The first-order valence-electron chi connectivity index (χ1n) is 10.0. The van der Waals surface area contributed by atoms with Gasteiger partial charge < -0.3 is 10.1 Å². The summed E-state index contributed by atoms with van der Waals surface area (Å²) in [4.78, 5) is 24.0. The molecule has 0 unspecified atom stereocenters. The Morgan fingerprint density at radius 1 is 1.03 bits per heavy atom. The molecule has 0 saturated heterocycles. The van der Waals surface area contributed by atoms with E-state index in [1.54, 1.807) is 6.07 Å². The van der Waals surface area contributed by atoms with Gasteiger partial charge in [0.25, 0.3) is 0 Å². The van der Waals surface area contributed by atoms with Gasteiger partial charge in [0.15, 0.2) is 0 Å². The summed E-state index contributed by atoms with van der Waals surface area (Å²) in [7, 11) is 0. The number of nitrogens with zero attached hydrogens (tertiary/aromatic N) is 2. The number of fused-ring (bicyclic) bond motifs is 6. The number of carboxylic acid groups (broad SMARTS) is 1. The Kier molecular flexibility index (Phi) is 3.42. The molecule has 2 aliphatic rings. The largest absolute Gasteiger partial charge is 0.477 e. The molecule has 5 heteroatoms. The number of carboxylic acids is 1. The summed E-state index contributed by atoms with van der Waals surface area (Å²) in [6.07, 6.45) is 6.26. The molecule has 29 heavy (non-hydrogen) atoms. The van der Waals surface area contributed by atoms with Crippen molar-refractivity contribution >= 4 is 34.0 Å². The zero-order valence-electron chi connectivity index (χ0n) is 15.8. The molecule has 142 valence electrons. The van der Waals surface area contributed by atoms with E-state index in [-0.39, 0.29) is 5.69 Å². The summed E-state index contributed by atoms with van der Waals surface area (Å²) in [5.41, 5.74) is 9.28. The van der Waals surface area contributed by atoms with Gasteiger partial charge in [0.1, 0.15) is 5.69 Å². The molecule has 0 saturated carbocycles. The Balaban J connectivity index is 1.66. The number of H-pyrrole nitrogens is 1. The highest BCUT2D eigenvalue weighted by Crippen LogP contribution is 2.38. The van der Waals surface area contributed by atoms with Crippen LogP contribution in [-0.4, -0.2) is 27.3 Å². The predicted octanol–water partition coefficient (Wildman–Crippen LogP) is 4.89. The maximum Gasteiger partial charge on any atom is 0.352 e. The molecule has 1 aliphatic carbocycles. The van der Waals surface area contributed by atoms with Crippen molar-refractivity contribution in [2.24, 2.45) is 4.99 Å². The van der Waals surface area contributed by atoms with Gasteiger partial charge in [-0.3, -0.25) is 4.99 Å². The van der Waals surface area contributed by atoms with Crippen LogP contribution in [0.2, 0.25) is 0 Å². The van der Waals surface area contributed by atoms with Gasteiger partial charge in [0, 0.05) is 28.1 Å². The minimum absolute atomic E-state index is 0.221. The normalized spacial score (nSPS) is 15.0. The number of hydrogen-bond acceptors (Lipinski definition) is 3. The number of aromatic nitrogens is 2. The van der Waals surface area contributed by atoms with E-state index in [0.717, 1.165) is 65.3 Å². The lowest BCUT2D eigenvalue weighted by atomic mass is 9.85. The highest BCUT2D eigenvalue weighted by molar-refractivity contribution is 6.10. The summed E-state index contributed by atoms with van der Waals surface area (Å²) < 4.78 is 0. The van der Waals surface area contributed by atoms with Crippen LogP contribution in [0.15, 0.2) is 41.4 Å². The Labute approximate surface area is 167 Å². The van der Waals surface area contributed by atoms with E-state index in [9.17, 15) is 9.90 Å². The van der Waals surface area contributed by atoms with Gasteiger partial charge in [0.2, 0.25) is 0 Å². The highest BCUT2D eigenvalue weighted by atomic mass is 16.4. The molecule has 2 aromatic heterocycles. The van der Waals surface area contributed by atoms with Gasteiger partial charge in [-0.15, -0.1) is 0 Å².